The number of esters is 1. The van der Waals surface area contributed by atoms with Gasteiger partial charge in [-0.25, -0.2) is 0 Å². The average molecular weight is 260 g/mol. The van der Waals surface area contributed by atoms with Gasteiger partial charge < -0.3 is 4.74 Å². The van der Waals surface area contributed by atoms with Gasteiger partial charge in [0.1, 0.15) is 0 Å². The number of carbonyl (C=O) groups excluding carboxylic acids is 3. The van der Waals surface area contributed by atoms with Crippen LogP contribution in [0.2, 0.25) is 0 Å². The van der Waals surface area contributed by atoms with E-state index in [1.165, 1.54) is 0 Å². The highest BCUT2D eigenvalue weighted by molar-refractivity contribution is 6.27. The molecule has 0 saturated carbocycles. The molecule has 0 saturated heterocycles. The Labute approximate surface area is 111 Å². The van der Waals surface area contributed by atoms with Gasteiger partial charge >= 0.3 is 5.97 Å². The lowest BCUT2D eigenvalue weighted by atomic mass is 9.67. The van der Waals surface area contributed by atoms with Crippen LogP contribution in [0, 0.1) is 5.92 Å². The van der Waals surface area contributed by atoms with Gasteiger partial charge in [0, 0.05) is 5.56 Å². The Bertz CT molecular complexity index is 557. The predicted octanol–water partition coefficient (Wildman–Crippen LogP) is 1.91. The first-order valence-corrected chi connectivity index (χ1v) is 6.26. The van der Waals surface area contributed by atoms with Crippen LogP contribution in [-0.2, 0) is 19.7 Å². The Hall–Kier alpha value is -1.97. The summed E-state index contributed by atoms with van der Waals surface area (Å²) in [6.07, 6.45) is 0. The van der Waals surface area contributed by atoms with Gasteiger partial charge in [0.15, 0.2) is 17.5 Å². The second-order valence-corrected chi connectivity index (χ2v) is 5.08. The lowest BCUT2D eigenvalue weighted by Crippen LogP contribution is -2.48. The molecule has 1 aliphatic carbocycles. The second-order valence-electron chi connectivity index (χ2n) is 5.08. The van der Waals surface area contributed by atoms with Crippen molar-refractivity contribution < 1.29 is 19.1 Å². The molecule has 1 aromatic carbocycles. The fraction of sp³-hybridized carbons (Fsp3) is 0.400. The highest BCUT2D eigenvalue weighted by Gasteiger charge is 2.49. The first-order chi connectivity index (χ1) is 8.91. The quantitative estimate of drug-likeness (QED) is 0.602. The molecule has 0 amide bonds. The van der Waals surface area contributed by atoms with E-state index in [4.69, 9.17) is 4.74 Å². The molecule has 4 nitrogen and oxygen atoms in total. The minimum Gasteiger partial charge on any atom is -0.465 e. The van der Waals surface area contributed by atoms with E-state index in [2.05, 4.69) is 0 Å². The van der Waals surface area contributed by atoms with E-state index in [1.807, 2.05) is 0 Å². The summed E-state index contributed by atoms with van der Waals surface area (Å²) in [4.78, 5) is 36.6. The molecule has 2 rings (SSSR count). The summed E-state index contributed by atoms with van der Waals surface area (Å²) in [5.74, 6) is -2.93. The summed E-state index contributed by atoms with van der Waals surface area (Å²) in [5.41, 5.74) is 0.248. The first kappa shape index (κ1) is 13.5. The third-order valence-corrected chi connectivity index (χ3v) is 3.53. The molecular weight excluding hydrogens is 244 g/mol. The van der Waals surface area contributed by atoms with Gasteiger partial charge in [-0.15, -0.1) is 0 Å². The lowest BCUT2D eigenvalue weighted by molar-refractivity contribution is -0.150. The maximum absolute atomic E-state index is 12.4. The number of ketones is 2. The fourth-order valence-electron chi connectivity index (χ4n) is 2.45. The molecule has 1 atom stereocenters. The van der Waals surface area contributed by atoms with Crippen molar-refractivity contribution in [2.24, 2.45) is 5.92 Å². The van der Waals surface area contributed by atoms with E-state index in [9.17, 15) is 14.4 Å². The van der Waals surface area contributed by atoms with Crippen molar-refractivity contribution in [1.82, 2.24) is 0 Å². The topological polar surface area (TPSA) is 60.4 Å². The zero-order chi connectivity index (χ0) is 14.2. The highest BCUT2D eigenvalue weighted by Crippen LogP contribution is 2.37. The standard InChI is InChI=1S/C15H16O4/c1-4-19-14(18)11-12(16)9-7-5-6-8-10(9)15(2,3)13(11)17/h5-8,11H,4H2,1-3H3. The number of hydrogen-bond acceptors (Lipinski definition) is 4. The molecule has 19 heavy (non-hydrogen) atoms. The van der Waals surface area contributed by atoms with Crippen LogP contribution in [0.15, 0.2) is 24.3 Å². The molecule has 0 radical (unpaired) electrons. The number of benzene rings is 1. The molecule has 0 spiro atoms. The molecule has 4 heteroatoms. The van der Waals surface area contributed by atoms with Gasteiger partial charge in [-0.1, -0.05) is 24.3 Å². The van der Waals surface area contributed by atoms with E-state index in [0.717, 1.165) is 0 Å². The molecule has 1 aliphatic rings. The van der Waals surface area contributed by atoms with Crippen molar-refractivity contribution in [3.63, 3.8) is 0 Å². The molecule has 0 aromatic heterocycles. The van der Waals surface area contributed by atoms with E-state index >= 15 is 0 Å². The van der Waals surface area contributed by atoms with Crippen molar-refractivity contribution >= 4 is 17.5 Å². The second kappa shape index (κ2) is 4.61. The highest BCUT2D eigenvalue weighted by atomic mass is 16.5. The summed E-state index contributed by atoms with van der Waals surface area (Å²) in [7, 11) is 0. The summed E-state index contributed by atoms with van der Waals surface area (Å²) < 4.78 is 4.85. The van der Waals surface area contributed by atoms with Gasteiger partial charge in [0.25, 0.3) is 0 Å². The van der Waals surface area contributed by atoms with E-state index in [0.29, 0.717) is 11.1 Å². The third-order valence-electron chi connectivity index (χ3n) is 3.53. The molecule has 1 aromatic rings. The van der Waals surface area contributed by atoms with Crippen molar-refractivity contribution in [3.05, 3.63) is 35.4 Å². The Morgan fingerprint density at radius 3 is 2.53 bits per heavy atom. The monoisotopic (exact) mass is 260 g/mol. The largest absolute Gasteiger partial charge is 0.465 e. The first-order valence-electron chi connectivity index (χ1n) is 6.26. The number of rotatable bonds is 2. The molecule has 0 N–H and O–H groups in total. The molecule has 0 aliphatic heterocycles. The van der Waals surface area contributed by atoms with Crippen LogP contribution in [0.1, 0.15) is 36.7 Å². The van der Waals surface area contributed by atoms with Gasteiger partial charge in [-0.05, 0) is 26.3 Å². The summed E-state index contributed by atoms with van der Waals surface area (Å²) in [5, 5.41) is 0. The number of Topliss-reactive ketones (excluding diaryl/α,β-unsaturated/α-hetero) is 2. The average Bonchev–Trinajstić information content (AvgIpc) is 2.37. The van der Waals surface area contributed by atoms with Crippen molar-refractivity contribution in [2.45, 2.75) is 26.2 Å². The summed E-state index contributed by atoms with van der Waals surface area (Å²) in [6.45, 7) is 5.26. The van der Waals surface area contributed by atoms with Crippen LogP contribution >= 0.6 is 0 Å². The molecule has 0 bridgehead atoms. The molecule has 0 heterocycles. The summed E-state index contributed by atoms with van der Waals surface area (Å²) >= 11 is 0. The SMILES string of the molecule is CCOC(=O)C1C(=O)c2ccccc2C(C)(C)C1=O. The molecule has 0 fully saturated rings. The summed E-state index contributed by atoms with van der Waals surface area (Å²) in [6, 6.07) is 6.92. The van der Waals surface area contributed by atoms with E-state index in [1.54, 1.807) is 45.0 Å². The Morgan fingerprint density at radius 1 is 1.26 bits per heavy atom. The number of hydrogen-bond donors (Lipinski definition) is 0. The Kier molecular flexibility index (Phi) is 3.27. The van der Waals surface area contributed by atoms with Crippen LogP contribution in [0.4, 0.5) is 0 Å². The normalized spacial score (nSPS) is 20.9. The Morgan fingerprint density at radius 2 is 1.89 bits per heavy atom. The van der Waals surface area contributed by atoms with Crippen LogP contribution in [-0.4, -0.2) is 24.1 Å². The number of ether oxygens (including phenoxy) is 1. The van der Waals surface area contributed by atoms with Gasteiger partial charge in [0.2, 0.25) is 0 Å². The minimum atomic E-state index is -1.33. The van der Waals surface area contributed by atoms with Gasteiger partial charge in [-0.3, -0.25) is 14.4 Å². The van der Waals surface area contributed by atoms with Crippen LogP contribution in [0.5, 0.6) is 0 Å². The van der Waals surface area contributed by atoms with Crippen LogP contribution in [0.3, 0.4) is 0 Å². The lowest BCUT2D eigenvalue weighted by Gasteiger charge is -2.33. The van der Waals surface area contributed by atoms with E-state index in [-0.39, 0.29) is 6.61 Å². The molecule has 1 unspecified atom stereocenters. The Balaban J connectivity index is 2.56. The smallest absolute Gasteiger partial charge is 0.324 e. The van der Waals surface area contributed by atoms with E-state index < -0.39 is 28.9 Å². The van der Waals surface area contributed by atoms with Crippen LogP contribution < -0.4 is 0 Å². The molecular formula is C15H16O4. The fourth-order valence-corrected chi connectivity index (χ4v) is 2.45. The van der Waals surface area contributed by atoms with Crippen molar-refractivity contribution in [1.29, 1.82) is 0 Å². The van der Waals surface area contributed by atoms with Crippen molar-refractivity contribution in [3.8, 4) is 0 Å². The van der Waals surface area contributed by atoms with Crippen molar-refractivity contribution in [2.75, 3.05) is 6.61 Å². The predicted molar refractivity (Wildman–Crippen MR) is 68.9 cm³/mol. The zero-order valence-electron chi connectivity index (χ0n) is 11.2. The zero-order valence-corrected chi connectivity index (χ0v) is 11.2. The van der Waals surface area contributed by atoms with Gasteiger partial charge in [-0.2, -0.15) is 0 Å². The third kappa shape index (κ3) is 1.97. The maximum Gasteiger partial charge on any atom is 0.324 e. The maximum atomic E-state index is 12.4. The number of fused-ring (bicyclic) bond motifs is 1. The van der Waals surface area contributed by atoms with Crippen LogP contribution in [0.25, 0.3) is 0 Å². The minimum absolute atomic E-state index is 0.151. The molecule has 100 valence electrons. The van der Waals surface area contributed by atoms with Gasteiger partial charge in [0.05, 0.1) is 12.0 Å². The number of carbonyl (C=O) groups is 3.